The van der Waals surface area contributed by atoms with Gasteiger partial charge in [-0.2, -0.15) is 5.10 Å². The molecule has 0 unspecified atom stereocenters. The normalized spacial score (nSPS) is 20.8. The number of carbonyl (C=O) groups excluding carboxylic acids is 1. The Kier molecular flexibility index (Phi) is 4.88. The monoisotopic (exact) mass is 354 g/mol. The van der Waals surface area contributed by atoms with Crippen molar-refractivity contribution in [3.8, 4) is 0 Å². The summed E-state index contributed by atoms with van der Waals surface area (Å²) in [5.74, 6) is 1.26. The van der Waals surface area contributed by atoms with Crippen LogP contribution in [0, 0.1) is 5.92 Å². The predicted octanol–water partition coefficient (Wildman–Crippen LogP) is 1.20. The van der Waals surface area contributed by atoms with Gasteiger partial charge in [-0.05, 0) is 50.3 Å². The van der Waals surface area contributed by atoms with Crippen LogP contribution in [0.25, 0.3) is 0 Å². The van der Waals surface area contributed by atoms with Gasteiger partial charge in [0.15, 0.2) is 0 Å². The van der Waals surface area contributed by atoms with Gasteiger partial charge >= 0.3 is 0 Å². The van der Waals surface area contributed by atoms with E-state index in [0.717, 1.165) is 63.4 Å². The highest BCUT2D eigenvalue weighted by molar-refractivity contribution is 5.93. The lowest BCUT2D eigenvalue weighted by atomic mass is 9.95. The maximum atomic E-state index is 11.4. The van der Waals surface area contributed by atoms with Crippen molar-refractivity contribution < 1.29 is 4.79 Å². The molecule has 0 aromatic carbocycles. The highest BCUT2D eigenvalue weighted by Gasteiger charge is 2.25. The van der Waals surface area contributed by atoms with Crippen LogP contribution in [-0.4, -0.2) is 46.3 Å². The zero-order valence-electron chi connectivity index (χ0n) is 15.0. The molecule has 4 rings (SSSR count). The fourth-order valence-corrected chi connectivity index (χ4v) is 4.07. The maximum Gasteiger partial charge on any atom is 0.252 e. The average Bonchev–Trinajstić information content (AvgIpc) is 3.11. The lowest BCUT2D eigenvalue weighted by molar-refractivity contribution is 0.0998. The fourth-order valence-electron chi connectivity index (χ4n) is 4.07. The number of hydrogen-bond acceptors (Lipinski definition) is 5. The number of nitrogens with zero attached hydrogens (tertiary/aromatic N) is 4. The summed E-state index contributed by atoms with van der Waals surface area (Å²) in [7, 11) is 0. The van der Waals surface area contributed by atoms with Gasteiger partial charge in [0.05, 0.1) is 17.5 Å². The number of hydrogen-bond donors (Lipinski definition) is 2. The van der Waals surface area contributed by atoms with E-state index in [4.69, 9.17) is 5.73 Å². The van der Waals surface area contributed by atoms with Gasteiger partial charge in [0.1, 0.15) is 5.82 Å². The van der Waals surface area contributed by atoms with Crippen molar-refractivity contribution in [2.24, 2.45) is 11.7 Å². The number of anilines is 1. The van der Waals surface area contributed by atoms with Crippen LogP contribution in [0.5, 0.6) is 0 Å². The molecule has 0 bridgehead atoms. The Morgan fingerprint density at radius 2 is 2.12 bits per heavy atom. The first-order valence-corrected chi connectivity index (χ1v) is 9.44. The number of pyridine rings is 1. The van der Waals surface area contributed by atoms with E-state index < -0.39 is 0 Å². The van der Waals surface area contributed by atoms with Crippen LogP contribution < -0.4 is 16.0 Å². The van der Waals surface area contributed by atoms with Gasteiger partial charge in [0.2, 0.25) is 0 Å². The summed E-state index contributed by atoms with van der Waals surface area (Å²) in [6, 6.07) is 6.65. The third-order valence-corrected chi connectivity index (χ3v) is 5.60. The second kappa shape index (κ2) is 7.45. The Balaban J connectivity index is 1.25. The summed E-state index contributed by atoms with van der Waals surface area (Å²) in [6.45, 7) is 3.96. The molecule has 2 aliphatic rings. The molecule has 2 aromatic rings. The molecule has 7 nitrogen and oxygen atoms in total. The number of primary amides is 1. The topological polar surface area (TPSA) is 89.1 Å². The van der Waals surface area contributed by atoms with Crippen LogP contribution in [0.3, 0.4) is 0 Å². The minimum atomic E-state index is -0.373. The summed E-state index contributed by atoms with van der Waals surface area (Å²) in [5.41, 5.74) is 6.99. The Morgan fingerprint density at radius 1 is 1.27 bits per heavy atom. The third kappa shape index (κ3) is 3.58. The molecule has 4 heterocycles. The molecule has 2 aliphatic heterocycles. The Labute approximate surface area is 153 Å². The first-order valence-electron chi connectivity index (χ1n) is 9.44. The quantitative estimate of drug-likeness (QED) is 0.842. The summed E-state index contributed by atoms with van der Waals surface area (Å²) in [6.07, 6.45) is 7.70. The molecular formula is C19H26N6O. The SMILES string of the molecule is NC(=O)c1cnn2c1CC[C@@H](CNC1CCN(c3ccccn3)CC1)C2. The van der Waals surface area contributed by atoms with Gasteiger partial charge in [-0.3, -0.25) is 9.48 Å². The number of rotatable bonds is 5. The van der Waals surface area contributed by atoms with Gasteiger partial charge in [-0.15, -0.1) is 0 Å². The lowest BCUT2D eigenvalue weighted by Gasteiger charge is -2.34. The Morgan fingerprint density at radius 3 is 2.85 bits per heavy atom. The zero-order valence-corrected chi connectivity index (χ0v) is 15.0. The highest BCUT2D eigenvalue weighted by atomic mass is 16.1. The summed E-state index contributed by atoms with van der Waals surface area (Å²) < 4.78 is 1.96. The van der Waals surface area contributed by atoms with E-state index in [0.29, 0.717) is 17.5 Å². The van der Waals surface area contributed by atoms with E-state index in [9.17, 15) is 4.79 Å². The summed E-state index contributed by atoms with van der Waals surface area (Å²) >= 11 is 0. The molecule has 1 saturated heterocycles. The van der Waals surface area contributed by atoms with Gasteiger partial charge in [-0.1, -0.05) is 6.07 Å². The lowest BCUT2D eigenvalue weighted by Crippen LogP contribution is -2.45. The molecule has 2 aromatic heterocycles. The van der Waals surface area contributed by atoms with Crippen LogP contribution in [0.15, 0.2) is 30.6 Å². The molecule has 0 radical (unpaired) electrons. The van der Waals surface area contributed by atoms with Crippen LogP contribution in [0.4, 0.5) is 5.82 Å². The van der Waals surface area contributed by atoms with Crippen molar-refractivity contribution in [2.45, 2.75) is 38.3 Å². The number of aromatic nitrogens is 3. The van der Waals surface area contributed by atoms with E-state index in [-0.39, 0.29) is 5.91 Å². The number of nitrogens with two attached hydrogens (primary N) is 1. The number of amides is 1. The second-order valence-electron chi connectivity index (χ2n) is 7.31. The number of fused-ring (bicyclic) bond motifs is 1. The molecule has 138 valence electrons. The van der Waals surface area contributed by atoms with Crippen LogP contribution >= 0.6 is 0 Å². The van der Waals surface area contributed by atoms with E-state index >= 15 is 0 Å². The molecule has 0 spiro atoms. The van der Waals surface area contributed by atoms with E-state index in [1.807, 2.05) is 23.0 Å². The maximum absolute atomic E-state index is 11.4. The number of nitrogens with one attached hydrogen (secondary N) is 1. The van der Waals surface area contributed by atoms with E-state index in [2.05, 4.69) is 26.4 Å². The number of carbonyl (C=O) groups is 1. The molecule has 0 aliphatic carbocycles. The van der Waals surface area contributed by atoms with Gasteiger partial charge in [-0.25, -0.2) is 4.98 Å². The first kappa shape index (κ1) is 17.0. The molecule has 7 heteroatoms. The van der Waals surface area contributed by atoms with Crippen molar-refractivity contribution >= 4 is 11.7 Å². The molecule has 26 heavy (non-hydrogen) atoms. The van der Waals surface area contributed by atoms with Crippen LogP contribution in [-0.2, 0) is 13.0 Å². The van der Waals surface area contributed by atoms with Crippen molar-refractivity contribution in [2.75, 3.05) is 24.5 Å². The largest absolute Gasteiger partial charge is 0.365 e. The zero-order chi connectivity index (χ0) is 17.9. The predicted molar refractivity (Wildman–Crippen MR) is 100 cm³/mol. The number of piperidine rings is 1. The molecular weight excluding hydrogens is 328 g/mol. The smallest absolute Gasteiger partial charge is 0.252 e. The average molecular weight is 354 g/mol. The Bertz CT molecular complexity index is 751. The van der Waals surface area contributed by atoms with Crippen molar-refractivity contribution in [1.29, 1.82) is 0 Å². The van der Waals surface area contributed by atoms with Crippen molar-refractivity contribution in [3.63, 3.8) is 0 Å². The fraction of sp³-hybridized carbons (Fsp3) is 0.526. The van der Waals surface area contributed by atoms with Crippen LogP contribution in [0.1, 0.15) is 35.3 Å². The summed E-state index contributed by atoms with van der Waals surface area (Å²) in [5, 5.41) is 8.08. The minimum Gasteiger partial charge on any atom is -0.365 e. The van der Waals surface area contributed by atoms with Crippen molar-refractivity contribution in [1.82, 2.24) is 20.1 Å². The van der Waals surface area contributed by atoms with Gasteiger partial charge < -0.3 is 16.0 Å². The summed E-state index contributed by atoms with van der Waals surface area (Å²) in [4.78, 5) is 18.2. The molecule has 0 saturated carbocycles. The molecule has 1 atom stereocenters. The highest BCUT2D eigenvalue weighted by Crippen LogP contribution is 2.23. The second-order valence-corrected chi connectivity index (χ2v) is 7.31. The van der Waals surface area contributed by atoms with Gasteiger partial charge in [0, 0.05) is 31.9 Å². The van der Waals surface area contributed by atoms with Crippen LogP contribution in [0.2, 0.25) is 0 Å². The van der Waals surface area contributed by atoms with Crippen molar-refractivity contribution in [3.05, 3.63) is 41.9 Å². The van der Waals surface area contributed by atoms with E-state index in [1.165, 1.54) is 0 Å². The molecule has 3 N–H and O–H groups in total. The first-order chi connectivity index (χ1) is 12.7. The molecule has 1 amide bonds. The minimum absolute atomic E-state index is 0.373. The third-order valence-electron chi connectivity index (χ3n) is 5.60. The van der Waals surface area contributed by atoms with E-state index in [1.54, 1.807) is 6.20 Å². The Hall–Kier alpha value is -2.41. The standard InChI is InChI=1S/C19H26N6O/c20-19(26)16-12-23-25-13-14(4-5-17(16)25)11-22-15-6-9-24(10-7-15)18-3-1-2-8-21-18/h1-3,8,12,14-15,22H,4-7,9-11,13H2,(H2,20,26)/t14-/m0/s1. The van der Waals surface area contributed by atoms with Gasteiger partial charge in [0.25, 0.3) is 5.91 Å². The molecule has 1 fully saturated rings.